The summed E-state index contributed by atoms with van der Waals surface area (Å²) in [6, 6.07) is 0.521. The van der Waals surface area contributed by atoms with Gasteiger partial charge in [0.05, 0.1) is 12.7 Å². The third-order valence-corrected chi connectivity index (χ3v) is 3.26. The van der Waals surface area contributed by atoms with Crippen LogP contribution in [0.2, 0.25) is 0 Å². The second-order valence-electron chi connectivity index (χ2n) is 5.41. The fourth-order valence-corrected chi connectivity index (χ4v) is 2.01. The van der Waals surface area contributed by atoms with Gasteiger partial charge in [-0.3, -0.25) is 4.90 Å². The van der Waals surface area contributed by atoms with Crippen molar-refractivity contribution in [3.05, 3.63) is 0 Å². The van der Waals surface area contributed by atoms with Gasteiger partial charge in [-0.2, -0.15) is 0 Å². The highest BCUT2D eigenvalue weighted by molar-refractivity contribution is 5.73. The molecule has 2 N–H and O–H groups in total. The summed E-state index contributed by atoms with van der Waals surface area (Å²) in [6.07, 6.45) is 0.251. The number of amides is 2. The summed E-state index contributed by atoms with van der Waals surface area (Å²) in [4.78, 5) is 15.2. The molecule has 1 saturated heterocycles. The molecule has 19 heavy (non-hydrogen) atoms. The number of nitrogens with one attached hydrogen (secondary N) is 2. The van der Waals surface area contributed by atoms with Crippen LogP contribution in [0.3, 0.4) is 0 Å². The van der Waals surface area contributed by atoms with Crippen molar-refractivity contribution in [3.63, 3.8) is 0 Å². The lowest BCUT2D eigenvalue weighted by Gasteiger charge is -2.35. The maximum absolute atomic E-state index is 11.3. The maximum Gasteiger partial charge on any atom is 0.316 e. The van der Waals surface area contributed by atoms with Gasteiger partial charge in [0.15, 0.2) is 0 Å². The molecule has 112 valence electrons. The molecule has 0 bridgehead atoms. The number of nitrogens with zero attached hydrogens (tertiary/aromatic N) is 2. The smallest absolute Gasteiger partial charge is 0.316 e. The topological polar surface area (TPSA) is 56.8 Å². The van der Waals surface area contributed by atoms with Crippen LogP contribution in [0.25, 0.3) is 0 Å². The van der Waals surface area contributed by atoms with E-state index in [0.717, 1.165) is 32.8 Å². The maximum atomic E-state index is 11.3. The molecular weight excluding hydrogens is 244 g/mol. The zero-order chi connectivity index (χ0) is 14.3. The van der Waals surface area contributed by atoms with Crippen molar-refractivity contribution in [3.8, 4) is 0 Å². The standard InChI is InChI=1S/C13H28N4O2/c1-11(2)17-7-8-19-12(10-17)9-14-5-6-15-13(18)16(3)4/h11-12,14H,5-10H2,1-4H3,(H,15,18). The highest BCUT2D eigenvalue weighted by atomic mass is 16.5. The van der Waals surface area contributed by atoms with Crippen LogP contribution in [-0.2, 0) is 4.74 Å². The molecule has 0 aromatic carbocycles. The molecule has 1 aliphatic rings. The van der Waals surface area contributed by atoms with Gasteiger partial charge in [-0.05, 0) is 13.8 Å². The van der Waals surface area contributed by atoms with Gasteiger partial charge in [-0.15, -0.1) is 0 Å². The van der Waals surface area contributed by atoms with Gasteiger partial charge in [0.2, 0.25) is 0 Å². The minimum Gasteiger partial charge on any atom is -0.374 e. The van der Waals surface area contributed by atoms with Gasteiger partial charge in [-0.1, -0.05) is 0 Å². The SMILES string of the molecule is CC(C)N1CCOC(CNCCNC(=O)N(C)C)C1. The number of morpholine rings is 1. The highest BCUT2D eigenvalue weighted by Crippen LogP contribution is 2.07. The lowest BCUT2D eigenvalue weighted by Crippen LogP contribution is -2.49. The van der Waals surface area contributed by atoms with Crippen LogP contribution in [0.15, 0.2) is 0 Å². The Balaban J connectivity index is 2.07. The molecule has 0 aromatic rings. The predicted octanol–water partition coefficient (Wildman–Crippen LogP) is -0.0436. The zero-order valence-electron chi connectivity index (χ0n) is 12.6. The normalized spacial score (nSPS) is 20.6. The van der Waals surface area contributed by atoms with Crippen molar-refractivity contribution in [1.29, 1.82) is 0 Å². The lowest BCUT2D eigenvalue weighted by molar-refractivity contribution is -0.0369. The average molecular weight is 272 g/mol. The lowest BCUT2D eigenvalue weighted by atomic mass is 10.2. The Morgan fingerprint density at radius 1 is 1.42 bits per heavy atom. The van der Waals surface area contributed by atoms with E-state index in [2.05, 4.69) is 29.4 Å². The van der Waals surface area contributed by atoms with E-state index in [1.54, 1.807) is 14.1 Å². The van der Waals surface area contributed by atoms with E-state index in [9.17, 15) is 4.79 Å². The third kappa shape index (κ3) is 6.22. The number of hydrogen-bond acceptors (Lipinski definition) is 4. The van der Waals surface area contributed by atoms with Crippen LogP contribution in [-0.4, -0.2) is 81.4 Å². The zero-order valence-corrected chi connectivity index (χ0v) is 12.6. The molecule has 1 heterocycles. The van der Waals surface area contributed by atoms with Crippen LogP contribution in [0.5, 0.6) is 0 Å². The van der Waals surface area contributed by atoms with Crippen LogP contribution < -0.4 is 10.6 Å². The fourth-order valence-electron chi connectivity index (χ4n) is 2.01. The van der Waals surface area contributed by atoms with Crippen LogP contribution in [0.1, 0.15) is 13.8 Å². The highest BCUT2D eigenvalue weighted by Gasteiger charge is 2.21. The molecule has 2 amide bonds. The van der Waals surface area contributed by atoms with E-state index >= 15 is 0 Å². The van der Waals surface area contributed by atoms with Crippen molar-refractivity contribution >= 4 is 6.03 Å². The Labute approximate surface area is 116 Å². The molecule has 0 aliphatic carbocycles. The van der Waals surface area contributed by atoms with Gasteiger partial charge in [0.1, 0.15) is 0 Å². The first-order valence-corrected chi connectivity index (χ1v) is 7.02. The van der Waals surface area contributed by atoms with Gasteiger partial charge in [0, 0.05) is 52.9 Å². The average Bonchev–Trinajstić information content (AvgIpc) is 2.38. The van der Waals surface area contributed by atoms with Gasteiger partial charge in [-0.25, -0.2) is 4.79 Å². The number of hydrogen-bond donors (Lipinski definition) is 2. The van der Waals surface area contributed by atoms with E-state index in [1.807, 2.05) is 0 Å². The number of carbonyl (C=O) groups is 1. The molecule has 6 heteroatoms. The Morgan fingerprint density at radius 3 is 2.79 bits per heavy atom. The van der Waals surface area contributed by atoms with E-state index in [4.69, 9.17) is 4.74 Å². The molecule has 1 aliphatic heterocycles. The number of rotatable bonds is 6. The van der Waals surface area contributed by atoms with Crippen molar-refractivity contribution < 1.29 is 9.53 Å². The number of carbonyl (C=O) groups excluding carboxylic acids is 1. The van der Waals surface area contributed by atoms with Crippen molar-refractivity contribution in [1.82, 2.24) is 20.4 Å². The molecule has 1 unspecified atom stereocenters. The molecule has 0 aromatic heterocycles. The van der Waals surface area contributed by atoms with Gasteiger partial charge in [0.25, 0.3) is 0 Å². The first-order valence-electron chi connectivity index (χ1n) is 7.02. The number of ether oxygens (including phenoxy) is 1. The van der Waals surface area contributed by atoms with Gasteiger partial charge < -0.3 is 20.3 Å². The summed E-state index contributed by atoms with van der Waals surface area (Å²) >= 11 is 0. The quantitative estimate of drug-likeness (QED) is 0.666. The minimum atomic E-state index is -0.0540. The summed E-state index contributed by atoms with van der Waals surface area (Å²) < 4.78 is 5.72. The van der Waals surface area contributed by atoms with Crippen LogP contribution in [0, 0.1) is 0 Å². The second kappa shape index (κ2) is 8.35. The Bertz CT molecular complexity index is 271. The summed E-state index contributed by atoms with van der Waals surface area (Å²) in [7, 11) is 3.47. The van der Waals surface area contributed by atoms with Crippen molar-refractivity contribution in [2.45, 2.75) is 26.0 Å². The molecular formula is C13H28N4O2. The van der Waals surface area contributed by atoms with Crippen LogP contribution in [0.4, 0.5) is 4.79 Å². The van der Waals surface area contributed by atoms with Crippen molar-refractivity contribution in [2.24, 2.45) is 0 Å². The van der Waals surface area contributed by atoms with Gasteiger partial charge >= 0.3 is 6.03 Å². The first kappa shape index (κ1) is 16.2. The Morgan fingerprint density at radius 2 is 2.16 bits per heavy atom. The van der Waals surface area contributed by atoms with E-state index in [-0.39, 0.29) is 12.1 Å². The van der Waals surface area contributed by atoms with Crippen molar-refractivity contribution in [2.75, 3.05) is 53.4 Å². The Kier molecular flexibility index (Phi) is 7.12. The van der Waals surface area contributed by atoms with E-state index in [1.165, 1.54) is 4.90 Å². The Hall–Kier alpha value is -0.850. The molecule has 1 rings (SSSR count). The molecule has 0 radical (unpaired) electrons. The molecule has 6 nitrogen and oxygen atoms in total. The molecule has 0 spiro atoms. The summed E-state index contributed by atoms with van der Waals surface area (Å²) in [5, 5.41) is 6.14. The molecule has 1 atom stereocenters. The van der Waals surface area contributed by atoms with Crippen LogP contribution >= 0.6 is 0 Å². The molecule has 1 fully saturated rings. The summed E-state index contributed by atoms with van der Waals surface area (Å²) in [5.74, 6) is 0. The van der Waals surface area contributed by atoms with E-state index < -0.39 is 0 Å². The third-order valence-electron chi connectivity index (χ3n) is 3.26. The monoisotopic (exact) mass is 272 g/mol. The largest absolute Gasteiger partial charge is 0.374 e. The fraction of sp³-hybridized carbons (Fsp3) is 0.923. The summed E-state index contributed by atoms with van der Waals surface area (Å²) in [5.41, 5.74) is 0. The second-order valence-corrected chi connectivity index (χ2v) is 5.41. The number of urea groups is 1. The predicted molar refractivity (Wildman–Crippen MR) is 76.4 cm³/mol. The first-order chi connectivity index (χ1) is 9.00. The molecule has 0 saturated carbocycles. The summed E-state index contributed by atoms with van der Waals surface area (Å²) in [6.45, 7) is 9.47. The van der Waals surface area contributed by atoms with E-state index in [0.29, 0.717) is 12.6 Å². The minimum absolute atomic E-state index is 0.0540.